The highest BCUT2D eigenvalue weighted by molar-refractivity contribution is 5.51. The number of hydrogen-bond acceptors (Lipinski definition) is 6. The van der Waals surface area contributed by atoms with Gasteiger partial charge in [0.2, 0.25) is 5.95 Å². The lowest BCUT2D eigenvalue weighted by Gasteiger charge is -2.47. The van der Waals surface area contributed by atoms with Gasteiger partial charge < -0.3 is 4.90 Å². The predicted octanol–water partition coefficient (Wildman–Crippen LogP) is 1.05. The molecule has 8 heteroatoms. The van der Waals surface area contributed by atoms with E-state index < -0.39 is 0 Å². The van der Waals surface area contributed by atoms with E-state index in [1.54, 1.807) is 6.20 Å². The van der Waals surface area contributed by atoms with Crippen molar-refractivity contribution in [3.63, 3.8) is 0 Å². The Bertz CT molecular complexity index is 704. The monoisotopic (exact) mass is 328 g/mol. The average molecular weight is 328 g/mol. The van der Waals surface area contributed by atoms with Crippen LogP contribution >= 0.6 is 0 Å². The van der Waals surface area contributed by atoms with Crippen molar-refractivity contribution in [3.05, 3.63) is 6.20 Å². The van der Waals surface area contributed by atoms with Crippen LogP contribution in [0.5, 0.6) is 0 Å². The molecule has 2 atom stereocenters. The predicted molar refractivity (Wildman–Crippen MR) is 89.4 cm³/mol. The topological polar surface area (TPSA) is 78.8 Å². The van der Waals surface area contributed by atoms with Gasteiger partial charge >= 0.3 is 0 Å². The summed E-state index contributed by atoms with van der Waals surface area (Å²) in [6.07, 6.45) is 8.45. The summed E-state index contributed by atoms with van der Waals surface area (Å²) >= 11 is 0. The molecule has 2 aromatic rings. The number of hydrogen-bond donors (Lipinski definition) is 1. The summed E-state index contributed by atoms with van der Waals surface area (Å²) in [5.74, 6) is 2.49. The van der Waals surface area contributed by atoms with E-state index in [2.05, 4.69) is 35.4 Å². The van der Waals surface area contributed by atoms with E-state index in [-0.39, 0.29) is 0 Å². The summed E-state index contributed by atoms with van der Waals surface area (Å²) in [5, 5.41) is 19.4. The Morgan fingerprint density at radius 1 is 1.12 bits per heavy atom. The number of aromatic nitrogens is 6. The Hall–Kier alpha value is -1.96. The van der Waals surface area contributed by atoms with E-state index in [0.717, 1.165) is 48.6 Å². The van der Waals surface area contributed by atoms with Crippen LogP contribution < -0.4 is 4.90 Å². The van der Waals surface area contributed by atoms with Crippen LogP contribution in [0.15, 0.2) is 6.20 Å². The third kappa shape index (κ3) is 2.31. The molecule has 3 aliphatic rings. The maximum absolute atomic E-state index is 4.44. The van der Waals surface area contributed by atoms with Crippen LogP contribution in [0, 0.1) is 5.92 Å². The van der Waals surface area contributed by atoms with Gasteiger partial charge in [-0.05, 0) is 44.6 Å². The molecule has 24 heavy (non-hydrogen) atoms. The largest absolute Gasteiger partial charge is 0.341 e. The third-order valence-electron chi connectivity index (χ3n) is 5.91. The van der Waals surface area contributed by atoms with Crippen molar-refractivity contribution in [2.45, 2.75) is 44.2 Å². The first-order chi connectivity index (χ1) is 11.8. The molecule has 128 valence electrons. The van der Waals surface area contributed by atoms with Crippen LogP contribution in [0.25, 0.3) is 11.5 Å². The van der Waals surface area contributed by atoms with Crippen LogP contribution in [0.1, 0.15) is 32.1 Å². The van der Waals surface area contributed by atoms with Crippen molar-refractivity contribution < 1.29 is 0 Å². The van der Waals surface area contributed by atoms with Gasteiger partial charge in [-0.25, -0.2) is 0 Å². The van der Waals surface area contributed by atoms with Gasteiger partial charge in [0.15, 0.2) is 5.82 Å². The molecule has 2 aromatic heterocycles. The number of nitrogens with one attached hydrogen (secondary N) is 1. The van der Waals surface area contributed by atoms with Gasteiger partial charge in [0.1, 0.15) is 5.69 Å². The highest BCUT2D eigenvalue weighted by Gasteiger charge is 2.42. The summed E-state index contributed by atoms with van der Waals surface area (Å²) in [7, 11) is 2.02. The number of anilines is 1. The fourth-order valence-corrected chi connectivity index (χ4v) is 4.61. The van der Waals surface area contributed by atoms with Crippen molar-refractivity contribution in [2.75, 3.05) is 24.5 Å². The van der Waals surface area contributed by atoms with Crippen molar-refractivity contribution >= 4 is 5.95 Å². The molecule has 2 aliphatic heterocycles. The normalized spacial score (nSPS) is 28.1. The molecule has 2 saturated heterocycles. The van der Waals surface area contributed by atoms with Gasteiger partial charge in [0, 0.05) is 32.2 Å². The Morgan fingerprint density at radius 2 is 2.04 bits per heavy atom. The van der Waals surface area contributed by atoms with Crippen molar-refractivity contribution in [1.29, 1.82) is 0 Å². The standard InChI is InChI=1S/C16H24N8/c1-22-15(13-9-17-21-18-13)19-20-16(22)23-8-6-14-11(10-23)3-2-7-24(14)12-4-5-12/h9,11-12,14H,2-8,10H2,1H3,(H,17,18,21). The van der Waals surface area contributed by atoms with Gasteiger partial charge in [0.25, 0.3) is 0 Å². The SMILES string of the molecule is Cn1c(-c2cn[nH]n2)nnc1N1CCC2C(CCCN2C2CC2)C1. The summed E-state index contributed by atoms with van der Waals surface area (Å²) in [4.78, 5) is 5.22. The second kappa shape index (κ2) is 5.54. The summed E-state index contributed by atoms with van der Waals surface area (Å²) in [5.41, 5.74) is 0.740. The highest BCUT2D eigenvalue weighted by Crippen LogP contribution is 2.39. The second-order valence-corrected chi connectivity index (χ2v) is 7.41. The van der Waals surface area contributed by atoms with Gasteiger partial charge in [-0.2, -0.15) is 15.4 Å². The van der Waals surface area contributed by atoms with Crippen LogP contribution in [-0.4, -0.2) is 66.8 Å². The molecular weight excluding hydrogens is 304 g/mol. The Labute approximate surface area is 141 Å². The van der Waals surface area contributed by atoms with E-state index >= 15 is 0 Å². The molecule has 0 aromatic carbocycles. The number of likely N-dealkylation sites (tertiary alicyclic amines) is 1. The maximum Gasteiger partial charge on any atom is 0.227 e. The number of H-pyrrole nitrogens is 1. The molecule has 0 spiro atoms. The van der Waals surface area contributed by atoms with E-state index in [9.17, 15) is 0 Å². The van der Waals surface area contributed by atoms with Gasteiger partial charge in [-0.1, -0.05) is 0 Å². The number of nitrogens with zero attached hydrogens (tertiary/aromatic N) is 7. The molecule has 2 unspecified atom stereocenters. The lowest BCUT2D eigenvalue weighted by molar-refractivity contribution is 0.0693. The van der Waals surface area contributed by atoms with Crippen molar-refractivity contribution in [2.24, 2.45) is 13.0 Å². The Balaban J connectivity index is 1.36. The number of piperidine rings is 2. The minimum Gasteiger partial charge on any atom is -0.341 e. The van der Waals surface area contributed by atoms with Crippen molar-refractivity contribution in [3.8, 4) is 11.5 Å². The quantitative estimate of drug-likeness (QED) is 0.907. The Morgan fingerprint density at radius 3 is 2.83 bits per heavy atom. The number of aromatic amines is 1. The molecule has 3 fully saturated rings. The van der Waals surface area contributed by atoms with Crippen LogP contribution in [0.3, 0.4) is 0 Å². The van der Waals surface area contributed by atoms with E-state index in [1.165, 1.54) is 38.6 Å². The summed E-state index contributed by atoms with van der Waals surface area (Å²) < 4.78 is 2.04. The molecule has 0 radical (unpaired) electrons. The van der Waals surface area contributed by atoms with E-state index in [1.807, 2.05) is 11.6 Å². The zero-order valence-electron chi connectivity index (χ0n) is 14.1. The highest BCUT2D eigenvalue weighted by atomic mass is 15.4. The first-order valence-corrected chi connectivity index (χ1v) is 9.07. The molecule has 1 N–H and O–H groups in total. The second-order valence-electron chi connectivity index (χ2n) is 7.41. The summed E-state index contributed by atoms with van der Waals surface area (Å²) in [6.45, 7) is 3.47. The van der Waals surface area contributed by atoms with E-state index in [4.69, 9.17) is 0 Å². The minimum absolute atomic E-state index is 0.740. The molecule has 5 rings (SSSR count). The van der Waals surface area contributed by atoms with Gasteiger partial charge in [-0.15, -0.1) is 10.2 Å². The number of fused-ring (bicyclic) bond motifs is 1. The molecule has 8 nitrogen and oxygen atoms in total. The Kier molecular flexibility index (Phi) is 3.32. The molecule has 1 aliphatic carbocycles. The molecular formula is C16H24N8. The van der Waals surface area contributed by atoms with Gasteiger partial charge in [0.05, 0.1) is 6.20 Å². The lowest BCUT2D eigenvalue weighted by Crippen LogP contribution is -2.55. The molecule has 4 heterocycles. The fourth-order valence-electron chi connectivity index (χ4n) is 4.61. The van der Waals surface area contributed by atoms with E-state index in [0.29, 0.717) is 0 Å². The van der Waals surface area contributed by atoms with Gasteiger partial charge in [-0.3, -0.25) is 9.47 Å². The molecule has 0 bridgehead atoms. The molecule has 1 saturated carbocycles. The first-order valence-electron chi connectivity index (χ1n) is 9.07. The smallest absolute Gasteiger partial charge is 0.227 e. The van der Waals surface area contributed by atoms with Crippen molar-refractivity contribution in [1.82, 2.24) is 35.1 Å². The third-order valence-corrected chi connectivity index (χ3v) is 5.91. The minimum atomic E-state index is 0.740. The first kappa shape index (κ1) is 14.4. The zero-order valence-corrected chi connectivity index (χ0v) is 14.1. The van der Waals surface area contributed by atoms with Crippen LogP contribution in [0.2, 0.25) is 0 Å². The average Bonchev–Trinajstić information content (AvgIpc) is 3.17. The zero-order chi connectivity index (χ0) is 16.1. The summed E-state index contributed by atoms with van der Waals surface area (Å²) in [6, 6.07) is 1.67. The van der Waals surface area contributed by atoms with Crippen LogP contribution in [-0.2, 0) is 7.05 Å². The fraction of sp³-hybridized carbons (Fsp3) is 0.750. The molecule has 0 amide bonds. The van der Waals surface area contributed by atoms with Crippen LogP contribution in [0.4, 0.5) is 5.95 Å². The number of rotatable bonds is 3. The maximum atomic E-state index is 4.44. The lowest BCUT2D eigenvalue weighted by atomic mass is 9.84.